The van der Waals surface area contributed by atoms with Gasteiger partial charge in [0.05, 0.1) is 6.07 Å². The zero-order valence-electron chi connectivity index (χ0n) is 9.29. The summed E-state index contributed by atoms with van der Waals surface area (Å²) in [6, 6.07) is 7.96. The number of benzene rings is 1. The van der Waals surface area contributed by atoms with Crippen molar-refractivity contribution in [3.8, 4) is 6.07 Å². The van der Waals surface area contributed by atoms with E-state index in [1.165, 1.54) is 0 Å². The molecule has 1 aromatic rings. The zero-order valence-corrected chi connectivity index (χ0v) is 10.9. The van der Waals surface area contributed by atoms with Gasteiger partial charge < -0.3 is 22.6 Å². The normalized spacial score (nSPS) is 19.9. The molecule has 0 N–H and O–H groups in total. The van der Waals surface area contributed by atoms with Gasteiger partial charge in [-0.05, 0) is 11.7 Å². The fourth-order valence-electron chi connectivity index (χ4n) is 2.18. The van der Waals surface area contributed by atoms with Crippen molar-refractivity contribution in [2.45, 2.75) is 6.17 Å². The van der Waals surface area contributed by atoms with Crippen molar-refractivity contribution in [2.24, 2.45) is 0 Å². The summed E-state index contributed by atoms with van der Waals surface area (Å²) in [4.78, 5) is 4.36. The maximum atomic E-state index is 8.86. The molecule has 87 valence electrons. The number of nitriles is 1. The van der Waals surface area contributed by atoms with E-state index in [1.54, 1.807) is 0 Å². The van der Waals surface area contributed by atoms with Crippen LogP contribution in [-0.2, 0) is 19.5 Å². The van der Waals surface area contributed by atoms with Gasteiger partial charge in [-0.3, -0.25) is 0 Å². The standard InChI is InChI=1S/C13H11N3.Rh/c1-15-6-7-16-12-4-2-10(9-14)8-11(12)3-5-13(15)16;/h2-8,13H,1H3;/q-2;+2. The Morgan fingerprint density at radius 3 is 2.94 bits per heavy atom. The average Bonchev–Trinajstić information content (AvgIpc) is 2.70. The predicted molar refractivity (Wildman–Crippen MR) is 62.0 cm³/mol. The Bertz CT molecular complexity index is 504. The quantitative estimate of drug-likeness (QED) is 0.541. The van der Waals surface area contributed by atoms with E-state index in [0.29, 0.717) is 5.56 Å². The number of nitrogens with zero attached hydrogens (tertiary/aromatic N) is 3. The second kappa shape index (κ2) is 4.43. The Morgan fingerprint density at radius 1 is 1.35 bits per heavy atom. The van der Waals surface area contributed by atoms with Crippen LogP contribution in [0.25, 0.3) is 0 Å². The Labute approximate surface area is 114 Å². The molecular weight excluding hydrogens is 301 g/mol. The van der Waals surface area contributed by atoms with Crippen molar-refractivity contribution in [1.29, 1.82) is 5.26 Å². The van der Waals surface area contributed by atoms with E-state index in [4.69, 9.17) is 5.26 Å². The van der Waals surface area contributed by atoms with Gasteiger partial charge in [0.25, 0.3) is 0 Å². The molecule has 0 fully saturated rings. The largest absolute Gasteiger partial charge is 2.00 e. The maximum absolute atomic E-state index is 8.86. The molecule has 17 heavy (non-hydrogen) atoms. The first kappa shape index (κ1) is 12.0. The van der Waals surface area contributed by atoms with E-state index in [9.17, 15) is 0 Å². The van der Waals surface area contributed by atoms with E-state index < -0.39 is 0 Å². The first-order valence-electron chi connectivity index (χ1n) is 5.20. The smallest absolute Gasteiger partial charge is 0.408 e. The van der Waals surface area contributed by atoms with Crippen LogP contribution in [0.1, 0.15) is 11.1 Å². The summed E-state index contributed by atoms with van der Waals surface area (Å²) < 4.78 is 0. The molecule has 0 saturated heterocycles. The molecule has 0 aromatic heterocycles. The molecule has 0 amide bonds. The minimum absolute atomic E-state index is 0. The van der Waals surface area contributed by atoms with Gasteiger partial charge in [0, 0.05) is 19.4 Å². The topological polar surface area (TPSA) is 30.3 Å². The third-order valence-electron chi connectivity index (χ3n) is 3.05. The van der Waals surface area contributed by atoms with E-state index >= 15 is 0 Å². The third-order valence-corrected chi connectivity index (χ3v) is 3.05. The van der Waals surface area contributed by atoms with Gasteiger partial charge in [-0.1, -0.05) is 17.8 Å². The van der Waals surface area contributed by atoms with Crippen molar-refractivity contribution in [2.75, 3.05) is 11.9 Å². The van der Waals surface area contributed by atoms with Crippen LogP contribution >= 0.6 is 0 Å². The number of hydrogen-bond donors (Lipinski definition) is 0. The fraction of sp³-hybridized carbons (Fsp3) is 0.154. The summed E-state index contributed by atoms with van der Waals surface area (Å²) in [6.45, 7) is 0. The summed E-state index contributed by atoms with van der Waals surface area (Å²) in [6.07, 6.45) is 8.63. The number of rotatable bonds is 0. The predicted octanol–water partition coefficient (Wildman–Crippen LogP) is 1.88. The van der Waals surface area contributed by atoms with Gasteiger partial charge >= 0.3 is 19.5 Å². The molecule has 0 spiro atoms. The second-order valence-electron chi connectivity index (χ2n) is 4.03. The van der Waals surface area contributed by atoms with Crippen LogP contribution < -0.4 is 4.90 Å². The molecule has 3 rings (SSSR count). The SMILES string of the molecule is CN1C=CN2c3ccc(C#N)cc3[CH-][CH-]C12.[Rh+2]. The van der Waals surface area contributed by atoms with Gasteiger partial charge in [0.1, 0.15) is 0 Å². The van der Waals surface area contributed by atoms with Crippen molar-refractivity contribution in [3.63, 3.8) is 0 Å². The number of hydrogen-bond acceptors (Lipinski definition) is 3. The Hall–Kier alpha value is -1.46. The van der Waals surface area contributed by atoms with Crippen LogP contribution in [0.15, 0.2) is 30.6 Å². The third kappa shape index (κ3) is 1.81. The summed E-state index contributed by atoms with van der Waals surface area (Å²) >= 11 is 0. The molecular formula is C13H11N3Rh. The molecule has 1 radical (unpaired) electrons. The van der Waals surface area contributed by atoms with E-state index in [1.807, 2.05) is 18.2 Å². The second-order valence-corrected chi connectivity index (χ2v) is 4.03. The van der Waals surface area contributed by atoms with Gasteiger partial charge in [0.15, 0.2) is 0 Å². The van der Waals surface area contributed by atoms with E-state index in [-0.39, 0.29) is 25.6 Å². The van der Waals surface area contributed by atoms with Crippen molar-refractivity contribution >= 4 is 5.69 Å². The van der Waals surface area contributed by atoms with Crippen LogP contribution in [0.2, 0.25) is 0 Å². The van der Waals surface area contributed by atoms with Crippen molar-refractivity contribution in [3.05, 3.63) is 54.6 Å². The van der Waals surface area contributed by atoms with Crippen molar-refractivity contribution in [1.82, 2.24) is 4.90 Å². The van der Waals surface area contributed by atoms with Crippen LogP contribution in [0, 0.1) is 24.2 Å². The summed E-state index contributed by atoms with van der Waals surface area (Å²) in [5.74, 6) is 0. The molecule has 2 aliphatic heterocycles. The van der Waals surface area contributed by atoms with E-state index in [0.717, 1.165) is 11.3 Å². The minimum Gasteiger partial charge on any atom is -0.408 e. The molecule has 1 atom stereocenters. The number of fused-ring (bicyclic) bond motifs is 3. The van der Waals surface area contributed by atoms with Crippen LogP contribution in [-0.4, -0.2) is 18.1 Å². The molecule has 2 heterocycles. The molecule has 0 saturated carbocycles. The molecule has 4 heteroatoms. The molecule has 3 nitrogen and oxygen atoms in total. The van der Waals surface area contributed by atoms with Gasteiger partial charge in [-0.25, -0.2) is 0 Å². The fourth-order valence-corrected chi connectivity index (χ4v) is 2.18. The Kier molecular flexibility index (Phi) is 3.13. The number of anilines is 1. The minimum atomic E-state index is 0. The average molecular weight is 312 g/mol. The summed E-state index contributed by atoms with van der Waals surface area (Å²) in [5, 5.41) is 8.86. The molecule has 1 unspecified atom stereocenters. The molecule has 0 bridgehead atoms. The van der Waals surface area contributed by atoms with Crippen LogP contribution in [0.4, 0.5) is 5.69 Å². The van der Waals surface area contributed by atoms with Crippen LogP contribution in [0.5, 0.6) is 0 Å². The summed E-state index contributed by atoms with van der Waals surface area (Å²) in [5.41, 5.74) is 2.97. The Balaban J connectivity index is 0.00000108. The maximum Gasteiger partial charge on any atom is 2.00 e. The van der Waals surface area contributed by atoms with Crippen molar-refractivity contribution < 1.29 is 19.5 Å². The van der Waals surface area contributed by atoms with Crippen LogP contribution in [0.3, 0.4) is 0 Å². The van der Waals surface area contributed by atoms with E-state index in [2.05, 4.69) is 48.2 Å². The summed E-state index contributed by atoms with van der Waals surface area (Å²) in [7, 11) is 2.06. The van der Waals surface area contributed by atoms with Gasteiger partial charge in [-0.15, -0.1) is 6.07 Å². The first-order valence-corrected chi connectivity index (χ1v) is 5.20. The zero-order chi connectivity index (χ0) is 11.1. The molecule has 2 aliphatic rings. The van der Waals surface area contributed by atoms with Gasteiger partial charge in [0.2, 0.25) is 0 Å². The molecule has 0 aliphatic carbocycles. The molecule has 1 aromatic carbocycles. The first-order chi connectivity index (χ1) is 7.79. The van der Waals surface area contributed by atoms with Gasteiger partial charge in [-0.2, -0.15) is 10.8 Å². The Morgan fingerprint density at radius 2 is 2.18 bits per heavy atom. The monoisotopic (exact) mass is 312 g/mol.